The highest BCUT2D eigenvalue weighted by Gasteiger charge is 2.22. The molecule has 0 saturated heterocycles. The van der Waals surface area contributed by atoms with Gasteiger partial charge in [0, 0.05) is 18.4 Å². The molecule has 1 aliphatic rings. The molecule has 0 spiro atoms. The minimum atomic E-state index is -1.04. The first-order valence-electron chi connectivity index (χ1n) is 6.49. The van der Waals surface area contributed by atoms with Gasteiger partial charge >= 0.3 is 5.97 Å². The van der Waals surface area contributed by atoms with Gasteiger partial charge in [0.05, 0.1) is 17.2 Å². The first kappa shape index (κ1) is 13.1. The molecule has 0 fully saturated rings. The monoisotopic (exact) mass is 280 g/mol. The molecule has 2 aromatic rings. The standard InChI is InChI=1S/C15H12N4O2/c16-6-9-1-2-10-4-13(5-11(10)3-9)19-15-17-7-12(8-18-15)14(20)21/h1-3,7-8,13H,4-5H2,(H,20,21)(H,17,18,19). The van der Waals surface area contributed by atoms with E-state index in [1.54, 1.807) is 0 Å². The predicted molar refractivity (Wildman–Crippen MR) is 75.0 cm³/mol. The van der Waals surface area contributed by atoms with Crippen molar-refractivity contribution in [2.24, 2.45) is 0 Å². The van der Waals surface area contributed by atoms with Crippen LogP contribution in [0.15, 0.2) is 30.6 Å². The second kappa shape index (κ2) is 5.21. The van der Waals surface area contributed by atoms with Crippen LogP contribution >= 0.6 is 0 Å². The van der Waals surface area contributed by atoms with Crippen molar-refractivity contribution in [1.29, 1.82) is 5.26 Å². The highest BCUT2D eigenvalue weighted by molar-refractivity contribution is 5.86. The number of fused-ring (bicyclic) bond motifs is 1. The predicted octanol–water partition coefficient (Wildman–Crippen LogP) is 1.63. The minimum Gasteiger partial charge on any atom is -0.478 e. The van der Waals surface area contributed by atoms with Gasteiger partial charge in [0.2, 0.25) is 5.95 Å². The zero-order valence-corrected chi connectivity index (χ0v) is 11.1. The van der Waals surface area contributed by atoms with Gasteiger partial charge in [-0.3, -0.25) is 0 Å². The van der Waals surface area contributed by atoms with Crippen molar-refractivity contribution in [3.05, 3.63) is 52.8 Å². The second-order valence-corrected chi connectivity index (χ2v) is 4.95. The van der Waals surface area contributed by atoms with Gasteiger partial charge in [-0.15, -0.1) is 0 Å². The van der Waals surface area contributed by atoms with Crippen molar-refractivity contribution < 1.29 is 9.90 Å². The number of rotatable bonds is 3. The summed E-state index contributed by atoms with van der Waals surface area (Å²) >= 11 is 0. The Hall–Kier alpha value is -2.94. The van der Waals surface area contributed by atoms with Gasteiger partial charge in [-0.1, -0.05) is 6.07 Å². The largest absolute Gasteiger partial charge is 0.478 e. The maximum Gasteiger partial charge on any atom is 0.338 e. The Labute approximate surface area is 121 Å². The van der Waals surface area contributed by atoms with Gasteiger partial charge in [-0.2, -0.15) is 5.26 Å². The third kappa shape index (κ3) is 2.67. The molecule has 1 unspecified atom stereocenters. The maximum atomic E-state index is 10.7. The summed E-state index contributed by atoms with van der Waals surface area (Å²) in [6, 6.07) is 8.00. The van der Waals surface area contributed by atoms with Crippen molar-refractivity contribution >= 4 is 11.9 Å². The van der Waals surface area contributed by atoms with Crippen molar-refractivity contribution in [3.63, 3.8) is 0 Å². The second-order valence-electron chi connectivity index (χ2n) is 4.95. The van der Waals surface area contributed by atoms with Crippen molar-refractivity contribution in [1.82, 2.24) is 9.97 Å². The lowest BCUT2D eigenvalue weighted by molar-refractivity contribution is 0.0696. The van der Waals surface area contributed by atoms with Crippen LogP contribution < -0.4 is 5.32 Å². The van der Waals surface area contributed by atoms with Gasteiger partial charge in [0.1, 0.15) is 0 Å². The summed E-state index contributed by atoms with van der Waals surface area (Å²) in [5, 5.41) is 20.9. The number of nitrogens with zero attached hydrogens (tertiary/aromatic N) is 3. The molecule has 2 N–H and O–H groups in total. The van der Waals surface area contributed by atoms with E-state index in [-0.39, 0.29) is 11.6 Å². The van der Waals surface area contributed by atoms with Crippen LogP contribution in [0.1, 0.15) is 27.0 Å². The molecule has 6 heteroatoms. The topological polar surface area (TPSA) is 98.9 Å². The molecule has 0 aliphatic heterocycles. The van der Waals surface area contributed by atoms with E-state index in [0.717, 1.165) is 18.4 Å². The van der Waals surface area contributed by atoms with E-state index in [1.165, 1.54) is 18.0 Å². The molecule has 0 radical (unpaired) electrons. The Morgan fingerprint density at radius 1 is 1.29 bits per heavy atom. The van der Waals surface area contributed by atoms with Crippen LogP contribution in [-0.2, 0) is 12.8 Å². The fraction of sp³-hybridized carbons (Fsp3) is 0.200. The smallest absolute Gasteiger partial charge is 0.338 e. The van der Waals surface area contributed by atoms with Crippen LogP contribution in [0.4, 0.5) is 5.95 Å². The van der Waals surface area contributed by atoms with Gasteiger partial charge < -0.3 is 10.4 Å². The molecule has 0 bridgehead atoms. The maximum absolute atomic E-state index is 10.7. The average molecular weight is 280 g/mol. The van der Waals surface area contributed by atoms with E-state index in [0.29, 0.717) is 11.5 Å². The Morgan fingerprint density at radius 3 is 2.67 bits per heavy atom. The number of carbonyl (C=O) groups is 1. The number of carboxylic acid groups (broad SMARTS) is 1. The number of hydrogen-bond donors (Lipinski definition) is 2. The zero-order chi connectivity index (χ0) is 14.8. The van der Waals surface area contributed by atoms with E-state index in [1.807, 2.05) is 18.2 Å². The SMILES string of the molecule is N#Cc1ccc2c(c1)CC(Nc1ncc(C(=O)O)cn1)C2. The summed E-state index contributed by atoms with van der Waals surface area (Å²) < 4.78 is 0. The molecular weight excluding hydrogens is 268 g/mol. The quantitative estimate of drug-likeness (QED) is 0.886. The van der Waals surface area contributed by atoms with Gasteiger partial charge in [-0.05, 0) is 36.1 Å². The summed E-state index contributed by atoms with van der Waals surface area (Å²) in [7, 11) is 0. The van der Waals surface area contributed by atoms with Crippen LogP contribution in [0.25, 0.3) is 0 Å². The molecule has 0 amide bonds. The summed E-state index contributed by atoms with van der Waals surface area (Å²) in [5.74, 6) is -0.628. The third-order valence-corrected chi connectivity index (χ3v) is 3.50. The minimum absolute atomic E-state index is 0.0638. The summed E-state index contributed by atoms with van der Waals surface area (Å²) in [6.07, 6.45) is 4.21. The van der Waals surface area contributed by atoms with Crippen LogP contribution in [0.3, 0.4) is 0 Å². The van der Waals surface area contributed by atoms with Gasteiger partial charge in [-0.25, -0.2) is 14.8 Å². The molecule has 1 heterocycles. The normalized spacial score (nSPS) is 16.0. The van der Waals surface area contributed by atoms with Crippen LogP contribution in [0.5, 0.6) is 0 Å². The van der Waals surface area contributed by atoms with Crippen molar-refractivity contribution in [2.45, 2.75) is 18.9 Å². The molecule has 6 nitrogen and oxygen atoms in total. The highest BCUT2D eigenvalue weighted by atomic mass is 16.4. The number of aromatic nitrogens is 2. The molecule has 1 aliphatic carbocycles. The average Bonchev–Trinajstić information content (AvgIpc) is 2.88. The lowest BCUT2D eigenvalue weighted by atomic mass is 10.1. The van der Waals surface area contributed by atoms with Crippen LogP contribution in [0, 0.1) is 11.3 Å². The lowest BCUT2D eigenvalue weighted by Crippen LogP contribution is -2.21. The Kier molecular flexibility index (Phi) is 3.24. The van der Waals surface area contributed by atoms with Crippen molar-refractivity contribution in [2.75, 3.05) is 5.32 Å². The van der Waals surface area contributed by atoms with Crippen molar-refractivity contribution in [3.8, 4) is 6.07 Å². The number of aromatic carboxylic acids is 1. The summed E-state index contributed by atoms with van der Waals surface area (Å²) in [5.41, 5.74) is 3.10. The lowest BCUT2D eigenvalue weighted by Gasteiger charge is -2.11. The Morgan fingerprint density at radius 2 is 2.00 bits per heavy atom. The Balaban J connectivity index is 1.70. The summed E-state index contributed by atoms with van der Waals surface area (Å²) in [6.45, 7) is 0. The van der Waals surface area contributed by atoms with E-state index in [2.05, 4.69) is 21.4 Å². The fourth-order valence-electron chi connectivity index (χ4n) is 2.49. The fourth-order valence-corrected chi connectivity index (χ4v) is 2.49. The first-order valence-corrected chi connectivity index (χ1v) is 6.49. The van der Waals surface area contributed by atoms with E-state index >= 15 is 0 Å². The molecule has 0 saturated carbocycles. The molecule has 3 rings (SSSR count). The van der Waals surface area contributed by atoms with E-state index in [4.69, 9.17) is 10.4 Å². The molecular formula is C15H12N4O2. The summed E-state index contributed by atoms with van der Waals surface area (Å²) in [4.78, 5) is 18.7. The first-order chi connectivity index (χ1) is 10.2. The number of nitrogens with one attached hydrogen (secondary N) is 1. The molecule has 1 atom stereocenters. The van der Waals surface area contributed by atoms with E-state index < -0.39 is 5.97 Å². The van der Waals surface area contributed by atoms with Crippen LogP contribution in [-0.4, -0.2) is 27.1 Å². The Bertz CT molecular complexity index is 734. The number of carboxylic acids is 1. The number of hydrogen-bond acceptors (Lipinski definition) is 5. The third-order valence-electron chi connectivity index (χ3n) is 3.50. The van der Waals surface area contributed by atoms with Gasteiger partial charge in [0.25, 0.3) is 0 Å². The number of benzene rings is 1. The van der Waals surface area contributed by atoms with E-state index in [9.17, 15) is 4.79 Å². The highest BCUT2D eigenvalue weighted by Crippen LogP contribution is 2.24. The molecule has 104 valence electrons. The molecule has 1 aromatic carbocycles. The molecule has 1 aromatic heterocycles. The van der Waals surface area contributed by atoms with Gasteiger partial charge in [0.15, 0.2) is 0 Å². The zero-order valence-electron chi connectivity index (χ0n) is 11.1. The number of nitriles is 1. The molecule has 21 heavy (non-hydrogen) atoms. The van der Waals surface area contributed by atoms with Crippen LogP contribution in [0.2, 0.25) is 0 Å². The number of anilines is 1.